The zero-order valence-corrected chi connectivity index (χ0v) is 15.3. The topological polar surface area (TPSA) is 47.9 Å². The standard InChI is InChI=1S/C15H32O4Si/c1-11(9-16)13(12-10-17-15(5,6)18-12)19-20(7,8)14(2,3)4/h11-13,16H,9-10H2,1-8H3/t11-,12?,13+/m0/s1. The maximum atomic E-state index is 9.53. The fraction of sp³-hybridized carbons (Fsp3) is 1.00. The van der Waals surface area contributed by atoms with Crippen LogP contribution in [0, 0.1) is 5.92 Å². The third-order valence-electron chi connectivity index (χ3n) is 4.48. The van der Waals surface area contributed by atoms with E-state index in [4.69, 9.17) is 13.9 Å². The molecular formula is C15H32O4Si. The first-order valence-corrected chi connectivity index (χ1v) is 10.4. The van der Waals surface area contributed by atoms with E-state index < -0.39 is 14.1 Å². The van der Waals surface area contributed by atoms with Crippen LogP contribution in [0.4, 0.5) is 0 Å². The highest BCUT2D eigenvalue weighted by Gasteiger charge is 2.45. The lowest BCUT2D eigenvalue weighted by Crippen LogP contribution is -2.50. The highest BCUT2D eigenvalue weighted by atomic mass is 28.4. The number of hydrogen-bond acceptors (Lipinski definition) is 4. The molecule has 0 aromatic heterocycles. The van der Waals surface area contributed by atoms with Crippen molar-refractivity contribution in [1.29, 1.82) is 0 Å². The van der Waals surface area contributed by atoms with Gasteiger partial charge in [-0.15, -0.1) is 0 Å². The summed E-state index contributed by atoms with van der Waals surface area (Å²) in [5, 5.41) is 9.67. The van der Waals surface area contributed by atoms with Gasteiger partial charge in [-0.3, -0.25) is 0 Å². The maximum Gasteiger partial charge on any atom is 0.192 e. The molecule has 0 aromatic rings. The van der Waals surface area contributed by atoms with Crippen molar-refractivity contribution in [3.63, 3.8) is 0 Å². The minimum absolute atomic E-state index is 0.0339. The van der Waals surface area contributed by atoms with Gasteiger partial charge in [0.15, 0.2) is 14.1 Å². The van der Waals surface area contributed by atoms with Crippen molar-refractivity contribution in [2.45, 2.75) is 77.7 Å². The van der Waals surface area contributed by atoms with E-state index in [1.165, 1.54) is 0 Å². The smallest absolute Gasteiger partial charge is 0.192 e. The van der Waals surface area contributed by atoms with Crippen LogP contribution in [0.25, 0.3) is 0 Å². The molecule has 0 aliphatic carbocycles. The Hall–Kier alpha value is 0.0569. The molecule has 1 saturated heterocycles. The fourth-order valence-electron chi connectivity index (χ4n) is 2.06. The third-order valence-corrected chi connectivity index (χ3v) is 8.96. The molecule has 0 aromatic carbocycles. The largest absolute Gasteiger partial charge is 0.411 e. The van der Waals surface area contributed by atoms with E-state index in [-0.39, 0.29) is 29.8 Å². The van der Waals surface area contributed by atoms with Gasteiger partial charge in [-0.25, -0.2) is 0 Å². The van der Waals surface area contributed by atoms with E-state index >= 15 is 0 Å². The van der Waals surface area contributed by atoms with Crippen molar-refractivity contribution in [2.24, 2.45) is 5.92 Å². The summed E-state index contributed by atoms with van der Waals surface area (Å²) >= 11 is 0. The van der Waals surface area contributed by atoms with Crippen molar-refractivity contribution in [2.75, 3.05) is 13.2 Å². The van der Waals surface area contributed by atoms with Crippen LogP contribution >= 0.6 is 0 Å². The molecule has 3 atom stereocenters. The molecule has 0 saturated carbocycles. The van der Waals surface area contributed by atoms with Gasteiger partial charge in [0, 0.05) is 12.5 Å². The van der Waals surface area contributed by atoms with E-state index in [1.807, 2.05) is 20.8 Å². The minimum Gasteiger partial charge on any atom is -0.411 e. The SMILES string of the molecule is C[C@@H](CO)[C@@H](O[Si](C)(C)C(C)(C)C)C1COC(C)(C)O1. The summed E-state index contributed by atoms with van der Waals surface area (Å²) in [6.07, 6.45) is -0.232. The molecule has 20 heavy (non-hydrogen) atoms. The summed E-state index contributed by atoms with van der Waals surface area (Å²) in [5.41, 5.74) is 0. The van der Waals surface area contributed by atoms with E-state index in [2.05, 4.69) is 33.9 Å². The fourth-order valence-corrected chi connectivity index (χ4v) is 3.47. The molecule has 1 aliphatic rings. The van der Waals surface area contributed by atoms with E-state index in [0.29, 0.717) is 6.61 Å². The Kier molecular flexibility index (Phi) is 5.47. The normalized spacial score (nSPS) is 26.6. The number of aliphatic hydroxyl groups is 1. The zero-order chi connectivity index (χ0) is 15.8. The Bertz CT molecular complexity index is 322. The van der Waals surface area contributed by atoms with Gasteiger partial charge in [-0.2, -0.15) is 0 Å². The van der Waals surface area contributed by atoms with E-state index in [9.17, 15) is 5.11 Å². The van der Waals surface area contributed by atoms with Crippen LogP contribution in [-0.2, 0) is 13.9 Å². The van der Waals surface area contributed by atoms with Crippen molar-refractivity contribution in [1.82, 2.24) is 0 Å². The second-order valence-corrected chi connectivity index (χ2v) is 12.6. The van der Waals surface area contributed by atoms with Crippen LogP contribution in [0.15, 0.2) is 0 Å². The van der Waals surface area contributed by atoms with Crippen molar-refractivity contribution in [3.8, 4) is 0 Å². The number of hydrogen-bond donors (Lipinski definition) is 1. The van der Waals surface area contributed by atoms with Gasteiger partial charge < -0.3 is 19.0 Å². The van der Waals surface area contributed by atoms with Gasteiger partial charge >= 0.3 is 0 Å². The third kappa shape index (κ3) is 4.27. The summed E-state index contributed by atoms with van der Waals surface area (Å²) in [6, 6.07) is 0. The summed E-state index contributed by atoms with van der Waals surface area (Å²) in [6.45, 7) is 17.6. The molecular weight excluding hydrogens is 272 g/mol. The molecule has 1 rings (SSSR count). The number of aliphatic hydroxyl groups excluding tert-OH is 1. The molecule has 0 amide bonds. The van der Waals surface area contributed by atoms with Crippen LogP contribution in [0.5, 0.6) is 0 Å². The predicted molar refractivity (Wildman–Crippen MR) is 83.2 cm³/mol. The van der Waals surface area contributed by atoms with Crippen LogP contribution in [0.1, 0.15) is 41.5 Å². The van der Waals surface area contributed by atoms with E-state index in [1.54, 1.807) is 0 Å². The van der Waals surface area contributed by atoms with Gasteiger partial charge in [0.2, 0.25) is 0 Å². The molecule has 1 N–H and O–H groups in total. The monoisotopic (exact) mass is 304 g/mol. The van der Waals surface area contributed by atoms with E-state index in [0.717, 1.165) is 0 Å². The lowest BCUT2D eigenvalue weighted by atomic mass is 10.0. The molecule has 5 heteroatoms. The number of rotatable bonds is 5. The van der Waals surface area contributed by atoms with Gasteiger partial charge in [0.05, 0.1) is 12.7 Å². The first kappa shape index (κ1) is 18.1. The predicted octanol–water partition coefficient (Wildman–Crippen LogP) is 3.16. The van der Waals surface area contributed by atoms with Crippen molar-refractivity contribution < 1.29 is 19.0 Å². The molecule has 1 aliphatic heterocycles. The first-order valence-electron chi connectivity index (χ1n) is 7.50. The van der Waals surface area contributed by atoms with Crippen LogP contribution in [-0.4, -0.2) is 44.6 Å². The zero-order valence-electron chi connectivity index (χ0n) is 14.3. The van der Waals surface area contributed by atoms with Crippen molar-refractivity contribution >= 4 is 8.32 Å². The van der Waals surface area contributed by atoms with Crippen LogP contribution in [0.2, 0.25) is 18.1 Å². The average Bonchev–Trinajstić information content (AvgIpc) is 2.64. The summed E-state index contributed by atoms with van der Waals surface area (Å²) < 4.78 is 18.1. The van der Waals surface area contributed by atoms with Gasteiger partial charge in [0.1, 0.15) is 6.10 Å². The summed E-state index contributed by atoms with van der Waals surface area (Å²) in [5.74, 6) is -0.527. The van der Waals surface area contributed by atoms with Crippen molar-refractivity contribution in [3.05, 3.63) is 0 Å². The Morgan fingerprint density at radius 1 is 1.35 bits per heavy atom. The average molecular weight is 305 g/mol. The summed E-state index contributed by atoms with van der Waals surface area (Å²) in [4.78, 5) is 0. The lowest BCUT2D eigenvalue weighted by molar-refractivity contribution is -0.154. The highest BCUT2D eigenvalue weighted by molar-refractivity contribution is 6.74. The molecule has 0 bridgehead atoms. The quantitative estimate of drug-likeness (QED) is 0.793. The Morgan fingerprint density at radius 2 is 1.90 bits per heavy atom. The number of ether oxygens (including phenoxy) is 2. The molecule has 1 fully saturated rings. The highest BCUT2D eigenvalue weighted by Crippen LogP contribution is 2.39. The summed E-state index contributed by atoms with van der Waals surface area (Å²) in [7, 11) is -1.91. The second kappa shape index (κ2) is 6.05. The first-order chi connectivity index (χ1) is 8.89. The maximum absolute atomic E-state index is 9.53. The second-order valence-electron chi connectivity index (χ2n) is 7.87. The van der Waals surface area contributed by atoms with Crippen LogP contribution in [0.3, 0.4) is 0 Å². The van der Waals surface area contributed by atoms with Gasteiger partial charge in [0.25, 0.3) is 0 Å². The Labute approximate surface area is 124 Å². The molecule has 120 valence electrons. The van der Waals surface area contributed by atoms with Crippen LogP contribution < -0.4 is 0 Å². The molecule has 0 radical (unpaired) electrons. The molecule has 0 spiro atoms. The Balaban J connectivity index is 2.87. The minimum atomic E-state index is -1.91. The lowest BCUT2D eigenvalue weighted by Gasteiger charge is -2.42. The van der Waals surface area contributed by atoms with Gasteiger partial charge in [-0.05, 0) is 32.0 Å². The molecule has 1 unspecified atom stereocenters. The molecule has 4 nitrogen and oxygen atoms in total. The molecule has 1 heterocycles. The van der Waals surface area contributed by atoms with Gasteiger partial charge in [-0.1, -0.05) is 27.7 Å². The Morgan fingerprint density at radius 3 is 2.25 bits per heavy atom.